The molecule has 3 nitrogen and oxygen atoms in total. The van der Waals surface area contributed by atoms with Crippen LogP contribution in [-0.2, 0) is 11.3 Å². The predicted molar refractivity (Wildman–Crippen MR) is 78.5 cm³/mol. The zero-order chi connectivity index (χ0) is 13.2. The largest absolute Gasteiger partial charge is 0.377 e. The van der Waals surface area contributed by atoms with Gasteiger partial charge in [0.1, 0.15) is 0 Å². The summed E-state index contributed by atoms with van der Waals surface area (Å²) in [6.07, 6.45) is 6.17. The first-order valence-electron chi connectivity index (χ1n) is 7.19. The molecule has 0 bridgehead atoms. The summed E-state index contributed by atoms with van der Waals surface area (Å²) >= 11 is 1.87. The zero-order valence-corrected chi connectivity index (χ0v) is 12.5. The maximum atomic E-state index is 5.61. The van der Waals surface area contributed by atoms with Gasteiger partial charge < -0.3 is 10.1 Å². The Bertz CT molecular complexity index is 448. The summed E-state index contributed by atoms with van der Waals surface area (Å²) < 4.78 is 5.61. The van der Waals surface area contributed by atoms with Crippen LogP contribution < -0.4 is 5.32 Å². The third-order valence-electron chi connectivity index (χ3n) is 3.83. The molecule has 1 saturated heterocycles. The van der Waals surface area contributed by atoms with E-state index in [2.05, 4.69) is 30.2 Å². The lowest BCUT2D eigenvalue weighted by atomic mass is 10.2. The highest BCUT2D eigenvalue weighted by atomic mass is 32.2. The number of pyridine rings is 1. The number of nitrogens with one attached hydrogen (secondary N) is 1. The molecule has 1 saturated carbocycles. The highest BCUT2D eigenvalue weighted by Gasteiger charge is 2.26. The van der Waals surface area contributed by atoms with Gasteiger partial charge in [0.2, 0.25) is 0 Å². The Morgan fingerprint density at radius 3 is 2.89 bits per heavy atom. The summed E-state index contributed by atoms with van der Waals surface area (Å²) in [7, 11) is 0. The number of rotatable bonds is 5. The lowest BCUT2D eigenvalue weighted by molar-refractivity contribution is 0.127. The van der Waals surface area contributed by atoms with Crippen LogP contribution in [-0.4, -0.2) is 29.0 Å². The summed E-state index contributed by atoms with van der Waals surface area (Å²) in [5, 5.41) is 5.25. The highest BCUT2D eigenvalue weighted by Crippen LogP contribution is 2.33. The number of aromatic nitrogens is 1. The number of ether oxygens (including phenoxy) is 1. The van der Waals surface area contributed by atoms with Gasteiger partial charge in [-0.25, -0.2) is 4.98 Å². The number of nitrogens with zero attached hydrogens (tertiary/aromatic N) is 1. The van der Waals surface area contributed by atoms with Crippen molar-refractivity contribution in [3.05, 3.63) is 23.4 Å². The van der Waals surface area contributed by atoms with Crippen molar-refractivity contribution >= 4 is 11.8 Å². The van der Waals surface area contributed by atoms with Crippen molar-refractivity contribution in [1.82, 2.24) is 10.3 Å². The van der Waals surface area contributed by atoms with Crippen LogP contribution in [0.5, 0.6) is 0 Å². The van der Waals surface area contributed by atoms with E-state index in [1.807, 2.05) is 18.0 Å². The fraction of sp³-hybridized carbons (Fsp3) is 0.667. The molecule has 1 N–H and O–H groups in total. The van der Waals surface area contributed by atoms with Crippen LogP contribution in [0.1, 0.15) is 37.3 Å². The van der Waals surface area contributed by atoms with Crippen molar-refractivity contribution < 1.29 is 4.74 Å². The number of hydrogen-bond acceptors (Lipinski definition) is 4. The van der Waals surface area contributed by atoms with Crippen LogP contribution in [0.3, 0.4) is 0 Å². The van der Waals surface area contributed by atoms with Crippen molar-refractivity contribution in [1.29, 1.82) is 0 Å². The molecular weight excluding hydrogens is 256 g/mol. The van der Waals surface area contributed by atoms with Gasteiger partial charge in [-0.05, 0) is 44.2 Å². The van der Waals surface area contributed by atoms with Crippen LogP contribution in [0.25, 0.3) is 0 Å². The normalized spacial score (nSPS) is 26.8. The molecular formula is C15H22N2OS. The fourth-order valence-corrected chi connectivity index (χ4v) is 3.53. The third kappa shape index (κ3) is 3.50. The van der Waals surface area contributed by atoms with Gasteiger partial charge in [-0.3, -0.25) is 0 Å². The molecule has 2 fully saturated rings. The topological polar surface area (TPSA) is 34.2 Å². The molecule has 0 aromatic carbocycles. The van der Waals surface area contributed by atoms with E-state index in [0.717, 1.165) is 30.6 Å². The van der Waals surface area contributed by atoms with E-state index in [1.54, 1.807) is 0 Å². The summed E-state index contributed by atoms with van der Waals surface area (Å²) in [5.74, 6) is 0. The minimum absolute atomic E-state index is 0.349. The molecule has 1 aromatic rings. The minimum atomic E-state index is 0.349. The Kier molecular flexibility index (Phi) is 4.10. The summed E-state index contributed by atoms with van der Waals surface area (Å²) in [5.41, 5.74) is 2.59. The molecule has 0 spiro atoms. The summed E-state index contributed by atoms with van der Waals surface area (Å²) in [4.78, 5) is 4.64. The fourth-order valence-electron chi connectivity index (χ4n) is 2.40. The monoisotopic (exact) mass is 278 g/mol. The van der Waals surface area contributed by atoms with Crippen LogP contribution in [0.4, 0.5) is 0 Å². The number of aryl methyl sites for hydroxylation is 1. The first kappa shape index (κ1) is 13.4. The van der Waals surface area contributed by atoms with Crippen LogP contribution in [0, 0.1) is 6.92 Å². The second kappa shape index (κ2) is 5.81. The van der Waals surface area contributed by atoms with Crippen molar-refractivity contribution in [3.8, 4) is 0 Å². The van der Waals surface area contributed by atoms with Gasteiger partial charge in [-0.2, -0.15) is 0 Å². The quantitative estimate of drug-likeness (QED) is 0.898. The van der Waals surface area contributed by atoms with Crippen LogP contribution in [0.2, 0.25) is 0 Å². The van der Waals surface area contributed by atoms with Crippen LogP contribution in [0.15, 0.2) is 17.3 Å². The average molecular weight is 278 g/mol. The van der Waals surface area contributed by atoms with Gasteiger partial charge >= 0.3 is 0 Å². The van der Waals surface area contributed by atoms with Crippen LogP contribution >= 0.6 is 11.8 Å². The van der Waals surface area contributed by atoms with Gasteiger partial charge in [-0.15, -0.1) is 0 Å². The molecule has 2 unspecified atom stereocenters. The average Bonchev–Trinajstić information content (AvgIpc) is 3.14. The van der Waals surface area contributed by atoms with Gasteiger partial charge in [0.15, 0.2) is 0 Å². The predicted octanol–water partition coefficient (Wildman–Crippen LogP) is 2.91. The van der Waals surface area contributed by atoms with E-state index in [9.17, 15) is 0 Å². The van der Waals surface area contributed by atoms with Gasteiger partial charge in [0.05, 0.1) is 11.1 Å². The molecule has 2 heterocycles. The maximum Gasteiger partial charge on any atom is 0.0992 e. The lowest BCUT2D eigenvalue weighted by Gasteiger charge is -2.14. The van der Waals surface area contributed by atoms with E-state index in [0.29, 0.717) is 11.4 Å². The molecule has 0 amide bonds. The van der Waals surface area contributed by atoms with Gasteiger partial charge in [-0.1, -0.05) is 17.8 Å². The Morgan fingerprint density at radius 1 is 1.42 bits per heavy atom. The van der Waals surface area contributed by atoms with Crippen molar-refractivity contribution in [2.24, 2.45) is 0 Å². The van der Waals surface area contributed by atoms with E-state index < -0.39 is 0 Å². The Hall–Kier alpha value is -0.580. The Morgan fingerprint density at radius 2 is 2.26 bits per heavy atom. The highest BCUT2D eigenvalue weighted by molar-refractivity contribution is 8.00. The molecule has 0 radical (unpaired) electrons. The lowest BCUT2D eigenvalue weighted by Crippen LogP contribution is -2.16. The number of hydrogen-bond donors (Lipinski definition) is 1. The minimum Gasteiger partial charge on any atom is -0.377 e. The molecule has 104 valence electrons. The van der Waals surface area contributed by atoms with Gasteiger partial charge in [0.25, 0.3) is 0 Å². The molecule has 1 aliphatic heterocycles. The van der Waals surface area contributed by atoms with E-state index in [-0.39, 0.29) is 0 Å². The van der Waals surface area contributed by atoms with Crippen molar-refractivity contribution in [3.63, 3.8) is 0 Å². The molecule has 19 heavy (non-hydrogen) atoms. The van der Waals surface area contributed by atoms with Crippen molar-refractivity contribution in [2.75, 3.05) is 6.61 Å². The third-order valence-corrected chi connectivity index (χ3v) is 5.40. The van der Waals surface area contributed by atoms with Gasteiger partial charge in [0, 0.05) is 30.6 Å². The Balaban J connectivity index is 1.61. The Labute approximate surface area is 119 Å². The maximum absolute atomic E-state index is 5.61. The van der Waals surface area contributed by atoms with Crippen molar-refractivity contribution in [2.45, 2.75) is 62.1 Å². The first-order chi connectivity index (χ1) is 9.22. The first-order valence-corrected chi connectivity index (χ1v) is 8.07. The van der Waals surface area contributed by atoms with E-state index in [4.69, 9.17) is 4.74 Å². The molecule has 2 atom stereocenters. The second-order valence-electron chi connectivity index (χ2n) is 5.64. The zero-order valence-electron chi connectivity index (χ0n) is 11.7. The SMILES string of the molecule is Cc1cc(CNC2CC2)cnc1SC1CCOC1C. The molecule has 3 rings (SSSR count). The molecule has 1 aliphatic carbocycles. The van der Waals surface area contributed by atoms with E-state index in [1.165, 1.54) is 24.0 Å². The van der Waals surface area contributed by atoms with E-state index >= 15 is 0 Å². The second-order valence-corrected chi connectivity index (χ2v) is 6.87. The summed E-state index contributed by atoms with van der Waals surface area (Å²) in [6.45, 7) is 6.16. The summed E-state index contributed by atoms with van der Waals surface area (Å²) in [6, 6.07) is 3.02. The molecule has 1 aromatic heterocycles. The molecule has 4 heteroatoms. The standard InChI is InChI=1S/C15H22N2OS/c1-10-7-12(8-16-13-3-4-13)9-17-15(10)19-14-5-6-18-11(14)2/h7,9,11,13-14,16H,3-6,8H2,1-2H3. The smallest absolute Gasteiger partial charge is 0.0992 e. The number of thioether (sulfide) groups is 1. The molecule has 2 aliphatic rings.